The van der Waals surface area contributed by atoms with Crippen molar-refractivity contribution in [3.8, 4) is 34.1 Å². The van der Waals surface area contributed by atoms with Crippen molar-refractivity contribution in [1.29, 1.82) is 0 Å². The molecule has 0 spiro atoms. The summed E-state index contributed by atoms with van der Waals surface area (Å²) in [7, 11) is -4.03. The second kappa shape index (κ2) is 10.2. The predicted octanol–water partition coefficient (Wildman–Crippen LogP) is 5.88. The van der Waals surface area contributed by atoms with Crippen molar-refractivity contribution in [2.75, 3.05) is 0 Å². The lowest BCUT2D eigenvalue weighted by molar-refractivity contribution is -0.132. The molecule has 1 aliphatic rings. The molecule has 0 N–H and O–H groups in total. The van der Waals surface area contributed by atoms with E-state index in [2.05, 4.69) is 0 Å². The van der Waals surface area contributed by atoms with Gasteiger partial charge in [0.1, 0.15) is 11.5 Å². The topological polar surface area (TPSA) is 110 Å². The first-order chi connectivity index (χ1) is 20.1. The Hall–Kier alpha value is -4.88. The summed E-state index contributed by atoms with van der Waals surface area (Å²) in [5.74, 6) is -0.971. The van der Waals surface area contributed by atoms with Crippen LogP contribution in [0, 0.1) is 0 Å². The monoisotopic (exact) mass is 583 g/mol. The highest BCUT2D eigenvalue weighted by Crippen LogP contribution is 2.57. The predicted molar refractivity (Wildman–Crippen MR) is 158 cm³/mol. The van der Waals surface area contributed by atoms with Gasteiger partial charge in [-0.3, -0.25) is 18.9 Å². The number of benzene rings is 4. The lowest BCUT2D eigenvalue weighted by Crippen LogP contribution is -2.27. The highest BCUT2D eigenvalue weighted by Gasteiger charge is 2.42. The maximum atomic E-state index is 15.3. The average Bonchev–Trinajstić information content (AvgIpc) is 3.27. The van der Waals surface area contributed by atoms with E-state index in [4.69, 9.17) is 18.7 Å². The van der Waals surface area contributed by atoms with Crippen LogP contribution in [0.5, 0.6) is 23.0 Å². The van der Waals surface area contributed by atoms with E-state index in [0.29, 0.717) is 45.0 Å². The molecule has 212 valence electrons. The number of carbonyl (C=O) groups is 3. The highest BCUT2D eigenvalue weighted by atomic mass is 31.2. The molecule has 0 fully saturated rings. The normalized spacial score (nSPS) is 15.4. The van der Waals surface area contributed by atoms with Crippen LogP contribution in [0.2, 0.25) is 0 Å². The molecule has 9 nitrogen and oxygen atoms in total. The molecule has 4 aromatic carbocycles. The van der Waals surface area contributed by atoms with Gasteiger partial charge < -0.3 is 23.3 Å². The Kier molecular flexibility index (Phi) is 6.62. The van der Waals surface area contributed by atoms with Crippen LogP contribution in [-0.4, -0.2) is 22.5 Å². The van der Waals surface area contributed by atoms with Crippen molar-refractivity contribution in [3.63, 3.8) is 0 Å². The second-order valence-electron chi connectivity index (χ2n) is 9.81. The van der Waals surface area contributed by atoms with Crippen molar-refractivity contribution < 1.29 is 37.7 Å². The van der Waals surface area contributed by atoms with Gasteiger partial charge >= 0.3 is 25.3 Å². The van der Waals surface area contributed by atoms with Gasteiger partial charge in [-0.2, -0.15) is 0 Å². The van der Waals surface area contributed by atoms with Crippen LogP contribution in [-0.2, 0) is 25.5 Å². The van der Waals surface area contributed by atoms with E-state index in [1.807, 2.05) is 35.8 Å². The summed E-state index contributed by atoms with van der Waals surface area (Å²) in [5, 5.41) is 1.36. The molecule has 0 saturated carbocycles. The van der Waals surface area contributed by atoms with Crippen LogP contribution in [0.1, 0.15) is 27.7 Å². The van der Waals surface area contributed by atoms with Gasteiger partial charge in [-0.05, 0) is 42.8 Å². The molecule has 1 unspecified atom stereocenters. The Balaban J connectivity index is 1.78. The number of ether oxygens (including phenoxy) is 3. The van der Waals surface area contributed by atoms with Gasteiger partial charge in [0.05, 0.1) is 21.5 Å². The fourth-order valence-electron chi connectivity index (χ4n) is 5.56. The van der Waals surface area contributed by atoms with Crippen LogP contribution < -0.4 is 29.3 Å². The number of aromatic nitrogens is 1. The van der Waals surface area contributed by atoms with Gasteiger partial charge in [-0.1, -0.05) is 36.4 Å². The van der Waals surface area contributed by atoms with Crippen LogP contribution in [0.15, 0.2) is 72.8 Å². The molecule has 2 heterocycles. The van der Waals surface area contributed by atoms with E-state index >= 15 is 4.57 Å². The minimum atomic E-state index is -4.03. The van der Waals surface area contributed by atoms with E-state index in [9.17, 15) is 14.4 Å². The van der Waals surface area contributed by atoms with E-state index < -0.39 is 25.3 Å². The minimum Gasteiger partial charge on any atom is -0.436 e. The zero-order chi connectivity index (χ0) is 29.8. The number of rotatable bonds is 5. The lowest BCUT2D eigenvalue weighted by atomic mass is 10.0. The third kappa shape index (κ3) is 4.33. The molecule has 42 heavy (non-hydrogen) atoms. The molecular formula is C32H26NO8P. The summed E-state index contributed by atoms with van der Waals surface area (Å²) in [5.41, 5.74) is 2.61. The first kappa shape index (κ1) is 27.3. The summed E-state index contributed by atoms with van der Waals surface area (Å²) in [6.45, 7) is 6.18. The molecular weight excluding hydrogens is 557 g/mol. The third-order valence-corrected chi connectivity index (χ3v) is 9.46. The smallest absolute Gasteiger partial charge is 0.311 e. The van der Waals surface area contributed by atoms with Crippen LogP contribution in [0.3, 0.4) is 0 Å². The molecule has 6 rings (SSSR count). The van der Waals surface area contributed by atoms with Gasteiger partial charge in [0, 0.05) is 49.8 Å². The van der Waals surface area contributed by atoms with Crippen molar-refractivity contribution in [2.24, 2.45) is 0 Å². The zero-order valence-corrected chi connectivity index (χ0v) is 24.2. The van der Waals surface area contributed by atoms with E-state index in [1.165, 1.54) is 26.8 Å². The van der Waals surface area contributed by atoms with E-state index in [0.717, 1.165) is 5.56 Å². The number of esters is 3. The molecule has 5 aromatic rings. The first-order valence-corrected chi connectivity index (χ1v) is 14.9. The summed E-state index contributed by atoms with van der Waals surface area (Å²) in [6.07, 6.45) is 0. The van der Waals surface area contributed by atoms with Gasteiger partial charge in [-0.15, -0.1) is 0 Å². The van der Waals surface area contributed by atoms with Gasteiger partial charge in [-0.25, -0.2) is 0 Å². The zero-order valence-electron chi connectivity index (χ0n) is 23.3. The summed E-state index contributed by atoms with van der Waals surface area (Å²) in [6, 6.07) is 20.9. The fourth-order valence-corrected chi connectivity index (χ4v) is 7.95. The van der Waals surface area contributed by atoms with Crippen LogP contribution in [0.25, 0.3) is 32.9 Å². The van der Waals surface area contributed by atoms with Gasteiger partial charge in [0.2, 0.25) is 0 Å². The van der Waals surface area contributed by atoms with Crippen LogP contribution in [0.4, 0.5) is 0 Å². The molecule has 0 radical (unpaired) electrons. The Morgan fingerprint density at radius 2 is 1.45 bits per heavy atom. The number of para-hydroxylation sites is 1. The number of carbonyl (C=O) groups excluding carboxylic acids is 3. The molecule has 1 aromatic heterocycles. The van der Waals surface area contributed by atoms with Gasteiger partial charge in [0.25, 0.3) is 0 Å². The fraction of sp³-hybridized carbons (Fsp3) is 0.156. The molecule has 0 bridgehead atoms. The maximum absolute atomic E-state index is 15.3. The lowest BCUT2D eigenvalue weighted by Gasteiger charge is -2.30. The van der Waals surface area contributed by atoms with Gasteiger partial charge in [0.15, 0.2) is 11.5 Å². The molecule has 10 heteroatoms. The number of nitrogens with zero attached hydrogens (tertiary/aromatic N) is 1. The molecule has 1 aliphatic heterocycles. The maximum Gasteiger partial charge on any atom is 0.311 e. The molecule has 1 atom stereocenters. The molecule has 0 amide bonds. The highest BCUT2D eigenvalue weighted by molar-refractivity contribution is 7.75. The van der Waals surface area contributed by atoms with Crippen molar-refractivity contribution in [1.82, 2.24) is 4.57 Å². The Morgan fingerprint density at radius 1 is 0.786 bits per heavy atom. The first-order valence-electron chi connectivity index (χ1n) is 13.3. The van der Waals surface area contributed by atoms with Crippen molar-refractivity contribution in [2.45, 2.75) is 34.2 Å². The number of hydrogen-bond acceptors (Lipinski definition) is 8. The summed E-state index contributed by atoms with van der Waals surface area (Å²) < 4.78 is 40.5. The Morgan fingerprint density at radius 3 is 2.14 bits per heavy atom. The number of fused-ring (bicyclic) bond motifs is 6. The third-order valence-electron chi connectivity index (χ3n) is 7.02. The van der Waals surface area contributed by atoms with Crippen LogP contribution >= 0.6 is 7.37 Å². The summed E-state index contributed by atoms with van der Waals surface area (Å²) in [4.78, 5) is 36.8. The average molecular weight is 584 g/mol. The van der Waals surface area contributed by atoms with Crippen molar-refractivity contribution >= 4 is 57.7 Å². The van der Waals surface area contributed by atoms with E-state index in [-0.39, 0.29) is 22.6 Å². The minimum absolute atomic E-state index is 0.00287. The standard InChI is InChI=1S/C32H26NO8P/c1-5-33-25-15-14-21(38-18(2)34)16-24(25)30-31(33)27(39-19(3)35)17-29(32(30)40-20(4)36)42(37)28-13-9-7-11-23(28)22-10-6-8-12-26(22)41-42/h6-17H,5H2,1-4H3. The molecule has 0 saturated heterocycles. The quantitative estimate of drug-likeness (QED) is 0.143. The Bertz CT molecular complexity index is 2010. The second-order valence-corrected chi connectivity index (χ2v) is 12.1. The summed E-state index contributed by atoms with van der Waals surface area (Å²) >= 11 is 0. The molecule has 0 aliphatic carbocycles. The number of hydrogen-bond donors (Lipinski definition) is 0. The largest absolute Gasteiger partial charge is 0.436 e. The number of aryl methyl sites for hydroxylation is 1. The Labute approximate surface area is 241 Å². The SMILES string of the molecule is CCn1c2ccc(OC(C)=O)cc2c2c(OC(C)=O)c(P3(=O)Oc4ccccc4-c4ccccc43)cc(OC(C)=O)c21. The van der Waals surface area contributed by atoms with E-state index in [1.54, 1.807) is 42.5 Å². The van der Waals surface area contributed by atoms with Crippen molar-refractivity contribution in [3.05, 3.63) is 72.8 Å².